The lowest BCUT2D eigenvalue weighted by Crippen LogP contribution is -2.01. The first kappa shape index (κ1) is 15.8. The Morgan fingerprint density at radius 3 is 2.39 bits per heavy atom. The van der Waals surface area contributed by atoms with Crippen LogP contribution in [0.1, 0.15) is 24.5 Å². The lowest BCUT2D eigenvalue weighted by molar-refractivity contribution is 0.626. The number of nitrogens with zero attached hydrogens (tertiary/aromatic N) is 3. The van der Waals surface area contributed by atoms with Gasteiger partial charge in [0.15, 0.2) is 11.0 Å². The fourth-order valence-corrected chi connectivity index (χ4v) is 3.37. The number of thioether (sulfide) groups is 1. The molecule has 0 spiro atoms. The summed E-state index contributed by atoms with van der Waals surface area (Å²) >= 11 is 1.75. The molecule has 0 N–H and O–H groups in total. The van der Waals surface area contributed by atoms with Gasteiger partial charge in [-0.25, -0.2) is 0 Å². The minimum absolute atomic E-state index is 0.914. The van der Waals surface area contributed by atoms with Crippen LogP contribution < -0.4 is 0 Å². The number of hydrogen-bond donors (Lipinski definition) is 0. The Labute approximate surface area is 141 Å². The van der Waals surface area contributed by atoms with Crippen LogP contribution in [0.25, 0.3) is 11.4 Å². The zero-order valence-corrected chi connectivity index (χ0v) is 14.4. The molecule has 0 bridgehead atoms. The van der Waals surface area contributed by atoms with Crippen molar-refractivity contribution in [3.8, 4) is 11.4 Å². The molecule has 23 heavy (non-hydrogen) atoms. The van der Waals surface area contributed by atoms with Crippen LogP contribution in [0.3, 0.4) is 0 Å². The third kappa shape index (κ3) is 3.82. The van der Waals surface area contributed by atoms with Crippen molar-refractivity contribution in [2.45, 2.75) is 37.7 Å². The molecule has 3 nitrogen and oxygen atoms in total. The molecule has 0 unspecified atom stereocenters. The molecule has 0 fully saturated rings. The number of aromatic nitrogens is 3. The molecule has 0 radical (unpaired) electrons. The van der Waals surface area contributed by atoms with Crippen LogP contribution in [0.15, 0.2) is 59.8 Å². The molecule has 0 atom stereocenters. The number of hydrogen-bond acceptors (Lipinski definition) is 3. The highest BCUT2D eigenvalue weighted by Gasteiger charge is 2.13. The molecular formula is C19H21N3S. The van der Waals surface area contributed by atoms with E-state index in [0.29, 0.717) is 0 Å². The Morgan fingerprint density at radius 2 is 1.70 bits per heavy atom. The maximum absolute atomic E-state index is 4.42. The maximum Gasteiger partial charge on any atom is 0.191 e. The van der Waals surface area contributed by atoms with Gasteiger partial charge in [-0.15, -0.1) is 10.2 Å². The first-order chi connectivity index (χ1) is 11.3. The average Bonchev–Trinajstić information content (AvgIpc) is 2.98. The Hall–Kier alpha value is -2.07. The van der Waals surface area contributed by atoms with E-state index in [0.717, 1.165) is 35.3 Å². The smallest absolute Gasteiger partial charge is 0.191 e. The Kier molecular flexibility index (Phi) is 5.13. The highest BCUT2D eigenvalue weighted by atomic mass is 32.2. The van der Waals surface area contributed by atoms with E-state index in [1.165, 1.54) is 11.1 Å². The van der Waals surface area contributed by atoms with Crippen molar-refractivity contribution in [1.29, 1.82) is 0 Å². The SMILES string of the molecule is CCCn1c(SCc2ccc(C)cc2)nnc1-c1ccccc1. The van der Waals surface area contributed by atoms with Gasteiger partial charge in [0.25, 0.3) is 0 Å². The third-order valence-electron chi connectivity index (χ3n) is 3.68. The molecule has 1 aromatic heterocycles. The summed E-state index contributed by atoms with van der Waals surface area (Å²) in [5.41, 5.74) is 3.72. The van der Waals surface area contributed by atoms with E-state index in [2.05, 4.69) is 65.0 Å². The second kappa shape index (κ2) is 7.47. The van der Waals surface area contributed by atoms with Crippen LogP contribution in [0.2, 0.25) is 0 Å². The van der Waals surface area contributed by atoms with Crippen LogP contribution in [0, 0.1) is 6.92 Å². The zero-order valence-electron chi connectivity index (χ0n) is 13.6. The van der Waals surface area contributed by atoms with Crippen molar-refractivity contribution >= 4 is 11.8 Å². The molecule has 3 rings (SSSR count). The number of benzene rings is 2. The molecule has 4 heteroatoms. The number of aryl methyl sites for hydroxylation is 1. The molecular weight excluding hydrogens is 302 g/mol. The van der Waals surface area contributed by atoms with E-state index >= 15 is 0 Å². The summed E-state index contributed by atoms with van der Waals surface area (Å²) in [5.74, 6) is 1.87. The molecule has 1 heterocycles. The van der Waals surface area contributed by atoms with Gasteiger partial charge in [-0.1, -0.05) is 78.8 Å². The molecule has 0 saturated carbocycles. The standard InChI is InChI=1S/C19H21N3S/c1-3-13-22-18(17-7-5-4-6-8-17)20-21-19(22)23-14-16-11-9-15(2)10-12-16/h4-12H,3,13-14H2,1-2H3. The lowest BCUT2D eigenvalue weighted by atomic mass is 10.2. The van der Waals surface area contributed by atoms with Crippen LogP contribution in [-0.4, -0.2) is 14.8 Å². The molecule has 2 aromatic carbocycles. The minimum Gasteiger partial charge on any atom is -0.302 e. The summed E-state index contributed by atoms with van der Waals surface area (Å²) in [4.78, 5) is 0. The van der Waals surface area contributed by atoms with Gasteiger partial charge in [-0.3, -0.25) is 0 Å². The van der Waals surface area contributed by atoms with Crippen LogP contribution in [0.5, 0.6) is 0 Å². The largest absolute Gasteiger partial charge is 0.302 e. The normalized spacial score (nSPS) is 10.9. The van der Waals surface area contributed by atoms with Gasteiger partial charge in [0.1, 0.15) is 0 Å². The van der Waals surface area contributed by atoms with E-state index in [9.17, 15) is 0 Å². The highest BCUT2D eigenvalue weighted by molar-refractivity contribution is 7.98. The predicted octanol–water partition coefficient (Wildman–Crippen LogP) is 4.96. The zero-order chi connectivity index (χ0) is 16.1. The van der Waals surface area contributed by atoms with Gasteiger partial charge in [0.2, 0.25) is 0 Å². The van der Waals surface area contributed by atoms with Crippen LogP contribution >= 0.6 is 11.8 Å². The highest BCUT2D eigenvalue weighted by Crippen LogP contribution is 2.26. The lowest BCUT2D eigenvalue weighted by Gasteiger charge is -2.09. The maximum atomic E-state index is 4.42. The Bertz CT molecular complexity index is 748. The van der Waals surface area contributed by atoms with Crippen LogP contribution in [-0.2, 0) is 12.3 Å². The summed E-state index contributed by atoms with van der Waals surface area (Å²) in [6.45, 7) is 5.23. The van der Waals surface area contributed by atoms with Crippen molar-refractivity contribution < 1.29 is 0 Å². The fraction of sp³-hybridized carbons (Fsp3) is 0.263. The quantitative estimate of drug-likeness (QED) is 0.601. The first-order valence-corrected chi connectivity index (χ1v) is 8.93. The first-order valence-electron chi connectivity index (χ1n) is 7.95. The van der Waals surface area contributed by atoms with Crippen molar-refractivity contribution in [3.05, 3.63) is 65.7 Å². The summed E-state index contributed by atoms with van der Waals surface area (Å²) in [5, 5.41) is 9.84. The summed E-state index contributed by atoms with van der Waals surface area (Å²) < 4.78 is 2.23. The minimum atomic E-state index is 0.914. The Balaban J connectivity index is 1.82. The number of rotatable bonds is 6. The van der Waals surface area contributed by atoms with Gasteiger partial charge in [0.05, 0.1) is 0 Å². The second-order valence-corrected chi connectivity index (χ2v) is 6.54. The summed E-state index contributed by atoms with van der Waals surface area (Å²) in [6.07, 6.45) is 1.07. The Morgan fingerprint density at radius 1 is 0.957 bits per heavy atom. The van der Waals surface area contributed by atoms with Crippen molar-refractivity contribution in [3.63, 3.8) is 0 Å². The molecule has 0 aliphatic carbocycles. The van der Waals surface area contributed by atoms with E-state index < -0.39 is 0 Å². The molecule has 3 aromatic rings. The predicted molar refractivity (Wildman–Crippen MR) is 96.5 cm³/mol. The monoisotopic (exact) mass is 323 g/mol. The van der Waals surface area contributed by atoms with Crippen molar-refractivity contribution in [1.82, 2.24) is 14.8 Å². The average molecular weight is 323 g/mol. The van der Waals surface area contributed by atoms with E-state index in [1.807, 2.05) is 18.2 Å². The summed E-state index contributed by atoms with van der Waals surface area (Å²) in [6, 6.07) is 19.0. The summed E-state index contributed by atoms with van der Waals surface area (Å²) in [7, 11) is 0. The van der Waals surface area contributed by atoms with Crippen LogP contribution in [0.4, 0.5) is 0 Å². The molecule has 0 amide bonds. The van der Waals surface area contributed by atoms with Crippen molar-refractivity contribution in [2.24, 2.45) is 0 Å². The molecule has 0 aliphatic rings. The van der Waals surface area contributed by atoms with Gasteiger partial charge >= 0.3 is 0 Å². The van der Waals surface area contributed by atoms with Gasteiger partial charge < -0.3 is 4.57 Å². The van der Waals surface area contributed by atoms with Crippen molar-refractivity contribution in [2.75, 3.05) is 0 Å². The van der Waals surface area contributed by atoms with Gasteiger partial charge in [-0.05, 0) is 18.9 Å². The van der Waals surface area contributed by atoms with E-state index in [1.54, 1.807) is 11.8 Å². The topological polar surface area (TPSA) is 30.7 Å². The molecule has 0 saturated heterocycles. The van der Waals surface area contributed by atoms with E-state index in [-0.39, 0.29) is 0 Å². The fourth-order valence-electron chi connectivity index (χ4n) is 2.45. The molecule has 118 valence electrons. The van der Waals surface area contributed by atoms with E-state index in [4.69, 9.17) is 0 Å². The van der Waals surface area contributed by atoms with Gasteiger partial charge in [0, 0.05) is 17.9 Å². The second-order valence-electron chi connectivity index (χ2n) is 5.60. The van der Waals surface area contributed by atoms with Gasteiger partial charge in [-0.2, -0.15) is 0 Å². The third-order valence-corrected chi connectivity index (χ3v) is 4.72. The molecule has 0 aliphatic heterocycles.